The molecule has 0 amide bonds. The summed E-state index contributed by atoms with van der Waals surface area (Å²) >= 11 is 0. The highest BCUT2D eigenvalue weighted by molar-refractivity contribution is 5.09. The van der Waals surface area contributed by atoms with Crippen molar-refractivity contribution in [2.24, 2.45) is 11.3 Å². The third-order valence-electron chi connectivity index (χ3n) is 4.88. The van der Waals surface area contributed by atoms with E-state index in [0.29, 0.717) is 12.1 Å². The van der Waals surface area contributed by atoms with Gasteiger partial charge >= 0.3 is 0 Å². The highest BCUT2D eigenvalue weighted by Gasteiger charge is 2.36. The Morgan fingerprint density at radius 3 is 2.76 bits per heavy atom. The number of aromatic nitrogens is 1. The van der Waals surface area contributed by atoms with E-state index in [1.165, 1.54) is 12.0 Å². The van der Waals surface area contributed by atoms with E-state index in [1.807, 2.05) is 18.5 Å². The number of piperazine rings is 1. The third kappa shape index (κ3) is 4.27. The Kier molecular flexibility index (Phi) is 5.39. The third-order valence-corrected chi connectivity index (χ3v) is 4.88. The molecule has 3 unspecified atom stereocenters. The second kappa shape index (κ2) is 6.89. The van der Waals surface area contributed by atoms with Crippen molar-refractivity contribution < 1.29 is 0 Å². The predicted molar refractivity (Wildman–Crippen MR) is 89.1 cm³/mol. The molecule has 1 aromatic rings. The molecule has 0 spiro atoms. The molecule has 2 heterocycles. The van der Waals surface area contributed by atoms with Crippen molar-refractivity contribution >= 4 is 0 Å². The Balaban J connectivity index is 2.13. The van der Waals surface area contributed by atoms with E-state index in [1.54, 1.807) is 0 Å². The summed E-state index contributed by atoms with van der Waals surface area (Å²) in [5.74, 6) is 0.724. The lowest BCUT2D eigenvalue weighted by Gasteiger charge is -2.47. The molecule has 1 N–H and O–H groups in total. The Bertz CT molecular complexity index is 424. The Hall–Kier alpha value is -0.930. The average Bonchev–Trinajstić information content (AvgIpc) is 2.46. The molecule has 1 aliphatic heterocycles. The topological polar surface area (TPSA) is 28.2 Å². The molecule has 0 saturated carbocycles. The van der Waals surface area contributed by atoms with Crippen molar-refractivity contribution in [3.8, 4) is 0 Å². The second-order valence-corrected chi connectivity index (χ2v) is 7.57. The van der Waals surface area contributed by atoms with Crippen molar-refractivity contribution in [1.82, 2.24) is 15.2 Å². The summed E-state index contributed by atoms with van der Waals surface area (Å²) < 4.78 is 0. The number of nitrogens with zero attached hydrogens (tertiary/aromatic N) is 2. The lowest BCUT2D eigenvalue weighted by Crippen LogP contribution is -2.61. The standard InChI is InChI=1S/C18H31N3/c1-6-14(2)16-13-21(12-15-8-7-9-19-10-15)17(11-20-16)18(3,4)5/h7-10,14,16-17,20H,6,11-13H2,1-5H3. The van der Waals surface area contributed by atoms with Crippen LogP contribution < -0.4 is 5.32 Å². The summed E-state index contributed by atoms with van der Waals surface area (Å²) in [6.45, 7) is 14.9. The van der Waals surface area contributed by atoms with Crippen LogP contribution in [0.1, 0.15) is 46.6 Å². The van der Waals surface area contributed by atoms with Gasteiger partial charge in [0, 0.05) is 44.1 Å². The minimum Gasteiger partial charge on any atom is -0.311 e. The van der Waals surface area contributed by atoms with Crippen LogP contribution in [0.25, 0.3) is 0 Å². The monoisotopic (exact) mass is 289 g/mol. The molecule has 1 aliphatic rings. The first-order chi connectivity index (χ1) is 9.91. The van der Waals surface area contributed by atoms with E-state index in [4.69, 9.17) is 0 Å². The lowest BCUT2D eigenvalue weighted by molar-refractivity contribution is 0.0378. The first-order valence-electron chi connectivity index (χ1n) is 8.28. The van der Waals surface area contributed by atoms with E-state index in [9.17, 15) is 0 Å². The van der Waals surface area contributed by atoms with Crippen LogP contribution in [-0.4, -0.2) is 35.1 Å². The van der Waals surface area contributed by atoms with Gasteiger partial charge in [0.05, 0.1) is 0 Å². The van der Waals surface area contributed by atoms with Gasteiger partial charge in [-0.25, -0.2) is 0 Å². The van der Waals surface area contributed by atoms with Crippen LogP contribution in [0.5, 0.6) is 0 Å². The normalized spacial score (nSPS) is 25.8. The van der Waals surface area contributed by atoms with Crippen molar-refractivity contribution in [2.75, 3.05) is 13.1 Å². The maximum Gasteiger partial charge on any atom is 0.0312 e. The van der Waals surface area contributed by atoms with E-state index in [-0.39, 0.29) is 5.41 Å². The predicted octanol–water partition coefficient (Wildman–Crippen LogP) is 3.32. The van der Waals surface area contributed by atoms with Gasteiger partial charge in [0.2, 0.25) is 0 Å². The molecule has 0 radical (unpaired) electrons. The van der Waals surface area contributed by atoms with E-state index in [2.05, 4.69) is 55.9 Å². The number of pyridine rings is 1. The summed E-state index contributed by atoms with van der Waals surface area (Å²) in [5, 5.41) is 3.78. The summed E-state index contributed by atoms with van der Waals surface area (Å²) in [6, 6.07) is 5.39. The van der Waals surface area contributed by atoms with Crippen LogP contribution in [0.3, 0.4) is 0 Å². The molecule has 0 bridgehead atoms. The highest BCUT2D eigenvalue weighted by atomic mass is 15.2. The van der Waals surface area contributed by atoms with Gasteiger partial charge in [-0.05, 0) is 23.0 Å². The quantitative estimate of drug-likeness (QED) is 0.921. The molecule has 2 rings (SSSR count). The summed E-state index contributed by atoms with van der Waals surface area (Å²) in [6.07, 6.45) is 5.09. The van der Waals surface area contributed by atoms with Crippen molar-refractivity contribution in [3.63, 3.8) is 0 Å². The SMILES string of the molecule is CCC(C)C1CN(Cc2cccnc2)C(C(C)(C)C)CN1. The van der Waals surface area contributed by atoms with Crippen molar-refractivity contribution in [3.05, 3.63) is 30.1 Å². The fraction of sp³-hybridized carbons (Fsp3) is 0.722. The zero-order valence-corrected chi connectivity index (χ0v) is 14.3. The van der Waals surface area contributed by atoms with E-state index >= 15 is 0 Å². The first-order valence-corrected chi connectivity index (χ1v) is 8.28. The molecule has 3 atom stereocenters. The van der Waals surface area contributed by atoms with E-state index in [0.717, 1.165) is 25.6 Å². The Morgan fingerprint density at radius 1 is 1.43 bits per heavy atom. The minimum atomic E-state index is 0.287. The zero-order chi connectivity index (χ0) is 15.5. The molecule has 1 aromatic heterocycles. The highest BCUT2D eigenvalue weighted by Crippen LogP contribution is 2.29. The van der Waals surface area contributed by atoms with Crippen LogP contribution in [0, 0.1) is 11.3 Å². The fourth-order valence-electron chi connectivity index (χ4n) is 3.26. The molecule has 1 saturated heterocycles. The molecule has 0 aromatic carbocycles. The van der Waals surface area contributed by atoms with Crippen LogP contribution in [0.2, 0.25) is 0 Å². The summed E-state index contributed by atoms with van der Waals surface area (Å²) in [7, 11) is 0. The van der Waals surface area contributed by atoms with Crippen LogP contribution in [0.15, 0.2) is 24.5 Å². The largest absolute Gasteiger partial charge is 0.311 e. The smallest absolute Gasteiger partial charge is 0.0312 e. The van der Waals surface area contributed by atoms with Gasteiger partial charge in [0.15, 0.2) is 0 Å². The molecule has 21 heavy (non-hydrogen) atoms. The molecule has 118 valence electrons. The Labute approximate surface area is 130 Å². The van der Waals surface area contributed by atoms with Gasteiger partial charge in [-0.2, -0.15) is 0 Å². The van der Waals surface area contributed by atoms with Crippen LogP contribution in [-0.2, 0) is 6.54 Å². The summed E-state index contributed by atoms with van der Waals surface area (Å²) in [4.78, 5) is 6.92. The maximum absolute atomic E-state index is 4.27. The first kappa shape index (κ1) is 16.4. The maximum atomic E-state index is 4.27. The number of nitrogens with one attached hydrogen (secondary N) is 1. The second-order valence-electron chi connectivity index (χ2n) is 7.57. The molecular weight excluding hydrogens is 258 g/mol. The minimum absolute atomic E-state index is 0.287. The average molecular weight is 289 g/mol. The molecule has 3 heteroatoms. The van der Waals surface area contributed by atoms with Gasteiger partial charge in [-0.3, -0.25) is 9.88 Å². The van der Waals surface area contributed by atoms with Gasteiger partial charge in [-0.1, -0.05) is 47.1 Å². The van der Waals surface area contributed by atoms with Crippen molar-refractivity contribution in [1.29, 1.82) is 0 Å². The van der Waals surface area contributed by atoms with Crippen LogP contribution in [0.4, 0.5) is 0 Å². The Morgan fingerprint density at radius 2 is 2.19 bits per heavy atom. The fourth-order valence-corrected chi connectivity index (χ4v) is 3.26. The van der Waals surface area contributed by atoms with Crippen molar-refractivity contribution in [2.45, 2.75) is 59.7 Å². The molecule has 1 fully saturated rings. The number of hydrogen-bond donors (Lipinski definition) is 1. The molecular formula is C18H31N3. The molecule has 3 nitrogen and oxygen atoms in total. The summed E-state index contributed by atoms with van der Waals surface area (Å²) in [5.41, 5.74) is 1.60. The lowest BCUT2D eigenvalue weighted by atomic mass is 9.82. The van der Waals surface area contributed by atoms with E-state index < -0.39 is 0 Å². The van der Waals surface area contributed by atoms with Gasteiger partial charge in [0.1, 0.15) is 0 Å². The van der Waals surface area contributed by atoms with Gasteiger partial charge in [0.25, 0.3) is 0 Å². The van der Waals surface area contributed by atoms with Gasteiger partial charge < -0.3 is 5.32 Å². The number of rotatable bonds is 4. The number of hydrogen-bond acceptors (Lipinski definition) is 3. The van der Waals surface area contributed by atoms with Gasteiger partial charge in [-0.15, -0.1) is 0 Å². The van der Waals surface area contributed by atoms with Crippen LogP contribution >= 0.6 is 0 Å². The molecule has 0 aliphatic carbocycles. The zero-order valence-electron chi connectivity index (χ0n) is 14.3.